The van der Waals surface area contributed by atoms with E-state index >= 15 is 0 Å². The van der Waals surface area contributed by atoms with E-state index in [2.05, 4.69) is 44.8 Å². The summed E-state index contributed by atoms with van der Waals surface area (Å²) < 4.78 is 0. The lowest BCUT2D eigenvalue weighted by Gasteiger charge is -2.24. The number of pyridine rings is 1. The van der Waals surface area contributed by atoms with Gasteiger partial charge in [0.1, 0.15) is 5.82 Å². The third-order valence-corrected chi connectivity index (χ3v) is 3.35. The quantitative estimate of drug-likeness (QED) is 0.815. The van der Waals surface area contributed by atoms with Crippen LogP contribution in [0.5, 0.6) is 0 Å². The first kappa shape index (κ1) is 17.3. The molecule has 3 nitrogen and oxygen atoms in total. The summed E-state index contributed by atoms with van der Waals surface area (Å²) in [5.41, 5.74) is 0.990. The second kappa shape index (κ2) is 7.84. The number of rotatable bonds is 7. The Morgan fingerprint density at radius 2 is 1.75 bits per heavy atom. The van der Waals surface area contributed by atoms with Crippen LogP contribution in [0.25, 0.3) is 0 Å². The first-order chi connectivity index (χ1) is 9.37. The fourth-order valence-corrected chi connectivity index (χ4v) is 2.17. The Hall–Kier alpha value is -0.800. The minimum atomic E-state index is 0.0630. The summed E-state index contributed by atoms with van der Waals surface area (Å²) in [6, 6.07) is 3.98. The van der Waals surface area contributed by atoms with Crippen LogP contribution in [0.2, 0.25) is 5.02 Å². The first-order valence-corrected chi connectivity index (χ1v) is 7.90. The van der Waals surface area contributed by atoms with Crippen molar-refractivity contribution in [3.63, 3.8) is 0 Å². The molecule has 0 aliphatic heterocycles. The monoisotopic (exact) mass is 297 g/mol. The minimum Gasteiger partial charge on any atom is -0.357 e. The summed E-state index contributed by atoms with van der Waals surface area (Å²) in [6.45, 7) is 13.6. The molecule has 0 radical (unpaired) electrons. The Morgan fingerprint density at radius 1 is 1.15 bits per heavy atom. The number of hydrogen-bond acceptors (Lipinski definition) is 3. The van der Waals surface area contributed by atoms with Crippen molar-refractivity contribution in [2.75, 3.05) is 18.0 Å². The molecular formula is C16H28ClN3. The normalized spacial score (nSPS) is 11.7. The maximum Gasteiger partial charge on any atom is 0.128 e. The van der Waals surface area contributed by atoms with Crippen molar-refractivity contribution in [2.45, 2.75) is 59.5 Å². The van der Waals surface area contributed by atoms with Crippen LogP contribution < -0.4 is 10.2 Å². The van der Waals surface area contributed by atoms with Gasteiger partial charge in [-0.3, -0.25) is 0 Å². The maximum atomic E-state index is 6.26. The molecule has 0 aliphatic carbocycles. The highest BCUT2D eigenvalue weighted by Gasteiger charge is 2.13. The Balaban J connectivity index is 2.88. The predicted molar refractivity (Wildman–Crippen MR) is 88.6 cm³/mol. The predicted octanol–water partition coefficient (Wildman–Crippen LogP) is 4.25. The average molecular weight is 298 g/mol. The number of hydrogen-bond donors (Lipinski definition) is 1. The second-order valence-electron chi connectivity index (χ2n) is 6.19. The van der Waals surface area contributed by atoms with Crippen molar-refractivity contribution in [2.24, 2.45) is 0 Å². The molecule has 4 heteroatoms. The molecule has 0 atom stereocenters. The van der Waals surface area contributed by atoms with Crippen LogP contribution in [-0.2, 0) is 6.54 Å². The van der Waals surface area contributed by atoms with Gasteiger partial charge in [-0.05, 0) is 45.7 Å². The van der Waals surface area contributed by atoms with Crippen molar-refractivity contribution < 1.29 is 0 Å². The summed E-state index contributed by atoms with van der Waals surface area (Å²) in [6.07, 6.45) is 2.25. The van der Waals surface area contributed by atoms with E-state index in [1.165, 1.54) is 0 Å². The molecule has 0 aliphatic rings. The average Bonchev–Trinajstić information content (AvgIpc) is 2.36. The number of anilines is 1. The van der Waals surface area contributed by atoms with Crippen LogP contribution in [-0.4, -0.2) is 23.6 Å². The molecule has 0 aromatic carbocycles. The molecule has 0 bridgehead atoms. The summed E-state index contributed by atoms with van der Waals surface area (Å²) in [5.74, 6) is 1.03. The molecule has 20 heavy (non-hydrogen) atoms. The lowest BCUT2D eigenvalue weighted by molar-refractivity contribution is 0.421. The third kappa shape index (κ3) is 5.68. The van der Waals surface area contributed by atoms with E-state index < -0.39 is 0 Å². The summed E-state index contributed by atoms with van der Waals surface area (Å²) in [7, 11) is 0. The molecule has 1 N–H and O–H groups in total. The van der Waals surface area contributed by atoms with E-state index in [1.807, 2.05) is 12.1 Å². The van der Waals surface area contributed by atoms with E-state index in [1.54, 1.807) is 0 Å². The lowest BCUT2D eigenvalue weighted by Crippen LogP contribution is -2.35. The molecule has 114 valence electrons. The largest absolute Gasteiger partial charge is 0.357 e. The Labute approximate surface area is 128 Å². The van der Waals surface area contributed by atoms with Crippen LogP contribution >= 0.6 is 11.6 Å². The first-order valence-electron chi connectivity index (χ1n) is 7.52. The van der Waals surface area contributed by atoms with Gasteiger partial charge in [-0.2, -0.15) is 0 Å². The molecule has 0 amide bonds. The second-order valence-corrected chi connectivity index (χ2v) is 6.60. The Kier molecular flexibility index (Phi) is 6.77. The number of aromatic nitrogens is 1. The minimum absolute atomic E-state index is 0.0630. The van der Waals surface area contributed by atoms with E-state index in [4.69, 9.17) is 16.6 Å². The topological polar surface area (TPSA) is 28.2 Å². The lowest BCUT2D eigenvalue weighted by atomic mass is 10.1. The zero-order valence-electron chi connectivity index (χ0n) is 13.5. The number of halogens is 1. The number of nitrogens with one attached hydrogen (secondary N) is 1. The summed E-state index contributed by atoms with van der Waals surface area (Å²) in [5, 5.41) is 4.18. The van der Waals surface area contributed by atoms with Gasteiger partial charge in [-0.25, -0.2) is 4.98 Å². The smallest absolute Gasteiger partial charge is 0.128 e. The van der Waals surface area contributed by atoms with Gasteiger partial charge in [0.25, 0.3) is 0 Å². The van der Waals surface area contributed by atoms with E-state index in [9.17, 15) is 0 Å². The van der Waals surface area contributed by atoms with Crippen molar-refractivity contribution in [3.05, 3.63) is 22.8 Å². The van der Waals surface area contributed by atoms with E-state index in [0.29, 0.717) is 6.54 Å². The zero-order chi connectivity index (χ0) is 15.2. The third-order valence-electron chi connectivity index (χ3n) is 3.00. The highest BCUT2D eigenvalue weighted by molar-refractivity contribution is 6.31. The van der Waals surface area contributed by atoms with Crippen LogP contribution in [0.1, 0.15) is 53.2 Å². The van der Waals surface area contributed by atoms with Gasteiger partial charge < -0.3 is 10.2 Å². The van der Waals surface area contributed by atoms with Crippen LogP contribution in [0.3, 0.4) is 0 Å². The molecule has 0 saturated heterocycles. The SMILES string of the molecule is CCCN(CCC)c1ccc(Cl)c(CNC(C)(C)C)n1. The molecule has 1 heterocycles. The van der Waals surface area contributed by atoms with Crippen LogP contribution in [0.4, 0.5) is 5.82 Å². The number of nitrogens with zero attached hydrogens (tertiary/aromatic N) is 2. The Morgan fingerprint density at radius 3 is 2.25 bits per heavy atom. The Bertz CT molecular complexity index is 407. The van der Waals surface area contributed by atoms with Crippen molar-refractivity contribution in [3.8, 4) is 0 Å². The van der Waals surface area contributed by atoms with Gasteiger partial charge >= 0.3 is 0 Å². The van der Waals surface area contributed by atoms with Gasteiger partial charge in [0.05, 0.1) is 10.7 Å². The molecule has 0 spiro atoms. The van der Waals surface area contributed by atoms with Gasteiger partial charge in [-0.1, -0.05) is 25.4 Å². The van der Waals surface area contributed by atoms with E-state index in [-0.39, 0.29) is 5.54 Å². The molecule has 1 aromatic heterocycles. The fraction of sp³-hybridized carbons (Fsp3) is 0.688. The van der Waals surface area contributed by atoms with Gasteiger partial charge in [0.15, 0.2) is 0 Å². The molecule has 0 unspecified atom stereocenters. The fourth-order valence-electron chi connectivity index (χ4n) is 2.00. The molecule has 0 fully saturated rings. The highest BCUT2D eigenvalue weighted by Crippen LogP contribution is 2.20. The highest BCUT2D eigenvalue weighted by atomic mass is 35.5. The zero-order valence-corrected chi connectivity index (χ0v) is 14.2. The standard InChI is InChI=1S/C16H28ClN3/c1-6-10-20(11-7-2)15-9-8-13(17)14(19-15)12-18-16(3,4)5/h8-9,18H,6-7,10-12H2,1-5H3. The van der Waals surface area contributed by atoms with Gasteiger partial charge in [0, 0.05) is 25.2 Å². The molecule has 1 rings (SSSR count). The maximum absolute atomic E-state index is 6.26. The summed E-state index contributed by atoms with van der Waals surface area (Å²) in [4.78, 5) is 7.07. The molecule has 1 aromatic rings. The van der Waals surface area contributed by atoms with Gasteiger partial charge in [-0.15, -0.1) is 0 Å². The van der Waals surface area contributed by atoms with Gasteiger partial charge in [0.2, 0.25) is 0 Å². The summed E-state index contributed by atoms with van der Waals surface area (Å²) >= 11 is 6.26. The van der Waals surface area contributed by atoms with Crippen molar-refractivity contribution in [1.29, 1.82) is 0 Å². The van der Waals surface area contributed by atoms with Crippen molar-refractivity contribution in [1.82, 2.24) is 10.3 Å². The van der Waals surface area contributed by atoms with E-state index in [0.717, 1.165) is 42.5 Å². The van der Waals surface area contributed by atoms with Crippen LogP contribution in [0.15, 0.2) is 12.1 Å². The molecular weight excluding hydrogens is 270 g/mol. The molecule has 0 saturated carbocycles. The van der Waals surface area contributed by atoms with Crippen LogP contribution in [0, 0.1) is 0 Å². The van der Waals surface area contributed by atoms with Crippen molar-refractivity contribution >= 4 is 17.4 Å².